The molecule has 2 aliphatic rings. The van der Waals surface area contributed by atoms with E-state index in [1.54, 1.807) is 0 Å². The van der Waals surface area contributed by atoms with Crippen LogP contribution in [0.15, 0.2) is 6.07 Å². The van der Waals surface area contributed by atoms with Crippen LogP contribution in [0.2, 0.25) is 0 Å². The van der Waals surface area contributed by atoms with E-state index in [-0.39, 0.29) is 11.8 Å². The first-order valence-electron chi connectivity index (χ1n) is 8.70. The number of aromatic nitrogens is 1. The van der Waals surface area contributed by atoms with Crippen molar-refractivity contribution in [2.45, 2.75) is 39.5 Å². The van der Waals surface area contributed by atoms with Crippen molar-refractivity contribution in [1.82, 2.24) is 14.4 Å². The Balaban J connectivity index is 1.66. The standard InChI is InChI=1S/C18H27N3O2/c1-13-12-16(14(2)19(13)3)18(23)21-9-5-8-20(10-11-21)17(22)15-6-4-7-15/h12,15H,4-11H2,1-3H3. The highest BCUT2D eigenvalue weighted by Gasteiger charge is 2.31. The van der Waals surface area contributed by atoms with Crippen LogP contribution >= 0.6 is 0 Å². The summed E-state index contributed by atoms with van der Waals surface area (Å²) in [5, 5.41) is 0. The summed E-state index contributed by atoms with van der Waals surface area (Å²) in [5.74, 6) is 0.651. The molecule has 0 spiro atoms. The Kier molecular flexibility index (Phi) is 4.46. The summed E-state index contributed by atoms with van der Waals surface area (Å²) in [7, 11) is 1.99. The first-order chi connectivity index (χ1) is 11.0. The molecule has 3 rings (SSSR count). The third-order valence-corrected chi connectivity index (χ3v) is 5.55. The van der Waals surface area contributed by atoms with Crippen LogP contribution in [-0.2, 0) is 11.8 Å². The Hall–Kier alpha value is -1.78. The SMILES string of the molecule is Cc1cc(C(=O)N2CCCN(C(=O)C3CCC3)CC2)c(C)n1C. The molecule has 1 saturated carbocycles. The van der Waals surface area contributed by atoms with E-state index in [1.165, 1.54) is 6.42 Å². The van der Waals surface area contributed by atoms with Gasteiger partial charge in [0.05, 0.1) is 5.56 Å². The number of carbonyl (C=O) groups excluding carboxylic acids is 2. The highest BCUT2D eigenvalue weighted by molar-refractivity contribution is 5.95. The quantitative estimate of drug-likeness (QED) is 0.839. The van der Waals surface area contributed by atoms with Crippen LogP contribution in [0.25, 0.3) is 0 Å². The van der Waals surface area contributed by atoms with E-state index in [0.717, 1.165) is 49.3 Å². The van der Waals surface area contributed by atoms with Gasteiger partial charge >= 0.3 is 0 Å². The van der Waals surface area contributed by atoms with Crippen LogP contribution < -0.4 is 0 Å². The summed E-state index contributed by atoms with van der Waals surface area (Å²) >= 11 is 0. The van der Waals surface area contributed by atoms with Gasteiger partial charge in [-0.2, -0.15) is 0 Å². The highest BCUT2D eigenvalue weighted by atomic mass is 16.2. The molecule has 126 valence electrons. The maximum Gasteiger partial charge on any atom is 0.255 e. The van der Waals surface area contributed by atoms with Crippen LogP contribution in [0.4, 0.5) is 0 Å². The van der Waals surface area contributed by atoms with Crippen molar-refractivity contribution in [2.75, 3.05) is 26.2 Å². The summed E-state index contributed by atoms with van der Waals surface area (Å²) in [6.07, 6.45) is 4.14. The molecule has 0 bridgehead atoms. The van der Waals surface area contributed by atoms with Crippen molar-refractivity contribution in [3.05, 3.63) is 23.0 Å². The maximum atomic E-state index is 12.8. The molecule has 0 unspecified atom stereocenters. The lowest BCUT2D eigenvalue weighted by molar-refractivity contribution is -0.138. The predicted molar refractivity (Wildman–Crippen MR) is 89.3 cm³/mol. The third kappa shape index (κ3) is 3.01. The lowest BCUT2D eigenvalue weighted by Crippen LogP contribution is -2.41. The number of hydrogen-bond acceptors (Lipinski definition) is 2. The van der Waals surface area contributed by atoms with Crippen molar-refractivity contribution in [1.29, 1.82) is 0 Å². The number of aryl methyl sites for hydroxylation is 1. The Morgan fingerprint density at radius 2 is 1.65 bits per heavy atom. The number of carbonyl (C=O) groups is 2. The summed E-state index contributed by atoms with van der Waals surface area (Å²) in [6.45, 7) is 6.85. The van der Waals surface area contributed by atoms with Gasteiger partial charge in [0, 0.05) is 50.5 Å². The second kappa shape index (κ2) is 6.38. The number of nitrogens with zero attached hydrogens (tertiary/aromatic N) is 3. The molecule has 5 heteroatoms. The molecular formula is C18H27N3O2. The molecule has 0 N–H and O–H groups in total. The van der Waals surface area contributed by atoms with Crippen LogP contribution in [-0.4, -0.2) is 52.4 Å². The minimum Gasteiger partial charge on any atom is -0.351 e. The van der Waals surface area contributed by atoms with Gasteiger partial charge in [-0.15, -0.1) is 0 Å². The van der Waals surface area contributed by atoms with Gasteiger partial charge in [-0.1, -0.05) is 6.42 Å². The molecule has 23 heavy (non-hydrogen) atoms. The fourth-order valence-electron chi connectivity index (χ4n) is 3.50. The van der Waals surface area contributed by atoms with E-state index in [1.807, 2.05) is 36.8 Å². The predicted octanol–water partition coefficient (Wildman–Crippen LogP) is 2.12. The normalized spacial score (nSPS) is 19.4. The summed E-state index contributed by atoms with van der Waals surface area (Å²) in [6, 6.07) is 1.97. The van der Waals surface area contributed by atoms with Gasteiger partial charge in [0.2, 0.25) is 5.91 Å². The largest absolute Gasteiger partial charge is 0.351 e. The summed E-state index contributed by atoms with van der Waals surface area (Å²) in [4.78, 5) is 29.1. The van der Waals surface area contributed by atoms with Gasteiger partial charge in [0.1, 0.15) is 0 Å². The van der Waals surface area contributed by atoms with Crippen molar-refractivity contribution in [3.63, 3.8) is 0 Å². The Labute approximate surface area is 138 Å². The molecule has 0 aromatic carbocycles. The van der Waals surface area contributed by atoms with E-state index in [4.69, 9.17) is 0 Å². The van der Waals surface area contributed by atoms with Crippen LogP contribution in [0.5, 0.6) is 0 Å². The molecule has 1 aliphatic carbocycles. The average molecular weight is 317 g/mol. The van der Waals surface area contributed by atoms with E-state index < -0.39 is 0 Å². The number of rotatable bonds is 2. The fraction of sp³-hybridized carbons (Fsp3) is 0.667. The topological polar surface area (TPSA) is 45.6 Å². The Morgan fingerprint density at radius 1 is 1.00 bits per heavy atom. The molecule has 0 atom stereocenters. The highest BCUT2D eigenvalue weighted by Crippen LogP contribution is 2.28. The molecular weight excluding hydrogens is 290 g/mol. The van der Waals surface area contributed by atoms with E-state index in [9.17, 15) is 9.59 Å². The summed E-state index contributed by atoms with van der Waals surface area (Å²) in [5.41, 5.74) is 2.91. The molecule has 1 aromatic rings. The first kappa shape index (κ1) is 16.1. The minimum atomic E-state index is 0.101. The van der Waals surface area contributed by atoms with E-state index in [2.05, 4.69) is 4.57 Å². The monoisotopic (exact) mass is 317 g/mol. The lowest BCUT2D eigenvalue weighted by Gasteiger charge is -2.31. The van der Waals surface area contributed by atoms with E-state index in [0.29, 0.717) is 19.0 Å². The maximum absolute atomic E-state index is 12.8. The van der Waals surface area contributed by atoms with Crippen molar-refractivity contribution in [2.24, 2.45) is 13.0 Å². The zero-order valence-electron chi connectivity index (χ0n) is 14.5. The van der Waals surface area contributed by atoms with E-state index >= 15 is 0 Å². The van der Waals surface area contributed by atoms with Crippen molar-refractivity contribution in [3.8, 4) is 0 Å². The van der Waals surface area contributed by atoms with Crippen LogP contribution in [0.3, 0.4) is 0 Å². The second-order valence-corrected chi connectivity index (χ2v) is 6.94. The second-order valence-electron chi connectivity index (χ2n) is 6.94. The van der Waals surface area contributed by atoms with Gasteiger partial charge in [-0.3, -0.25) is 9.59 Å². The van der Waals surface area contributed by atoms with Crippen LogP contribution in [0.1, 0.15) is 47.4 Å². The minimum absolute atomic E-state index is 0.101. The first-order valence-corrected chi connectivity index (χ1v) is 8.70. The lowest BCUT2D eigenvalue weighted by atomic mass is 9.84. The summed E-state index contributed by atoms with van der Waals surface area (Å²) < 4.78 is 2.05. The molecule has 1 aliphatic heterocycles. The number of hydrogen-bond donors (Lipinski definition) is 0. The zero-order valence-corrected chi connectivity index (χ0v) is 14.5. The van der Waals surface area contributed by atoms with Crippen molar-refractivity contribution >= 4 is 11.8 Å². The van der Waals surface area contributed by atoms with Gasteiger partial charge in [0.15, 0.2) is 0 Å². The molecule has 1 aromatic heterocycles. The number of amides is 2. The molecule has 2 heterocycles. The van der Waals surface area contributed by atoms with Gasteiger partial charge in [-0.05, 0) is 39.2 Å². The molecule has 0 radical (unpaired) electrons. The van der Waals surface area contributed by atoms with Crippen molar-refractivity contribution < 1.29 is 9.59 Å². The fourth-order valence-corrected chi connectivity index (χ4v) is 3.50. The smallest absolute Gasteiger partial charge is 0.255 e. The average Bonchev–Trinajstić information content (AvgIpc) is 2.70. The van der Waals surface area contributed by atoms with Gasteiger partial charge < -0.3 is 14.4 Å². The van der Waals surface area contributed by atoms with Gasteiger partial charge in [-0.25, -0.2) is 0 Å². The molecule has 1 saturated heterocycles. The zero-order chi connectivity index (χ0) is 16.6. The molecule has 5 nitrogen and oxygen atoms in total. The van der Waals surface area contributed by atoms with Gasteiger partial charge in [0.25, 0.3) is 5.91 Å². The molecule has 2 amide bonds. The Bertz CT molecular complexity index is 616. The third-order valence-electron chi connectivity index (χ3n) is 5.55. The van der Waals surface area contributed by atoms with Crippen LogP contribution in [0, 0.1) is 19.8 Å². The Morgan fingerprint density at radius 3 is 2.22 bits per heavy atom. The molecule has 2 fully saturated rings.